The van der Waals surface area contributed by atoms with Crippen molar-refractivity contribution >= 4 is 41.0 Å². The highest BCUT2D eigenvalue weighted by atomic mass is 35.5. The van der Waals surface area contributed by atoms with Gasteiger partial charge in [-0.2, -0.15) is 0 Å². The number of rotatable bonds is 5. The van der Waals surface area contributed by atoms with Crippen LogP contribution in [0.15, 0.2) is 41.7 Å². The predicted octanol–water partition coefficient (Wildman–Crippen LogP) is 4.81. The van der Waals surface area contributed by atoms with E-state index in [1.807, 2.05) is 39.8 Å². The molecule has 0 spiro atoms. The van der Waals surface area contributed by atoms with Crippen LogP contribution in [0.25, 0.3) is 0 Å². The Balaban J connectivity index is 1.41. The topological polar surface area (TPSA) is 110 Å². The van der Waals surface area contributed by atoms with Crippen molar-refractivity contribution in [3.63, 3.8) is 0 Å². The summed E-state index contributed by atoms with van der Waals surface area (Å²) in [5.41, 5.74) is 6.82. The van der Waals surface area contributed by atoms with E-state index in [9.17, 15) is 9.59 Å². The number of benzene rings is 1. The minimum atomic E-state index is -0.566. The van der Waals surface area contributed by atoms with E-state index in [1.165, 1.54) is 0 Å². The fourth-order valence-corrected chi connectivity index (χ4v) is 6.11. The molecule has 1 aromatic heterocycles. The summed E-state index contributed by atoms with van der Waals surface area (Å²) in [5, 5.41) is 4.10. The monoisotopic (exact) mass is 543 g/mol. The van der Waals surface area contributed by atoms with Crippen LogP contribution >= 0.6 is 23.2 Å². The van der Waals surface area contributed by atoms with Crippen LogP contribution in [0.4, 0.5) is 0 Å². The standard InChI is InChI=1S/C27H31Cl2N5O3/c1-26(2)12-21(35)34(25(30)33-26)22(14-6-5-7-31-13-14)16-10-17(16)24(36)32-20-11-27(3,4)37-23-18(20)8-15(28)9-19(23)29/h5-9,13,16-17,20,22H,10-12H2,1-4H3,(H2,30,33)(H,32,36)/t16-,17-,20?,22+/m1/s1. The van der Waals surface area contributed by atoms with Crippen LogP contribution in [0, 0.1) is 11.8 Å². The SMILES string of the molecule is CC1(C)CC(=O)N([C@@H](c2cccnc2)[C@@H]2C[C@H]2C(=O)NC2CC(C)(C)Oc3c(Cl)cc(Cl)cc32)C(N)=N1. The molecular weight excluding hydrogens is 513 g/mol. The van der Waals surface area contributed by atoms with Crippen LogP contribution in [0.1, 0.15) is 70.2 Å². The lowest BCUT2D eigenvalue weighted by atomic mass is 9.89. The van der Waals surface area contributed by atoms with Gasteiger partial charge in [0, 0.05) is 35.3 Å². The third kappa shape index (κ3) is 5.14. The zero-order valence-corrected chi connectivity index (χ0v) is 22.8. The van der Waals surface area contributed by atoms with Crippen LogP contribution in [-0.2, 0) is 9.59 Å². The van der Waals surface area contributed by atoms with E-state index in [0.717, 1.165) is 11.1 Å². The number of nitrogens with one attached hydrogen (secondary N) is 1. The molecule has 3 N–H and O–H groups in total. The van der Waals surface area contributed by atoms with Gasteiger partial charge in [0.05, 0.1) is 29.1 Å². The van der Waals surface area contributed by atoms with Crippen molar-refractivity contribution in [2.45, 2.75) is 70.2 Å². The highest BCUT2D eigenvalue weighted by Gasteiger charge is 2.53. The number of nitrogens with two attached hydrogens (primary N) is 1. The molecule has 0 radical (unpaired) electrons. The van der Waals surface area contributed by atoms with E-state index >= 15 is 0 Å². The molecule has 1 unspecified atom stereocenters. The van der Waals surface area contributed by atoms with Gasteiger partial charge in [-0.1, -0.05) is 29.3 Å². The fourth-order valence-electron chi connectivity index (χ4n) is 5.56. The fraction of sp³-hybridized carbons (Fsp3) is 0.481. The Labute approximate surface area is 226 Å². The van der Waals surface area contributed by atoms with E-state index in [0.29, 0.717) is 28.6 Å². The number of pyridine rings is 1. The average Bonchev–Trinajstić information content (AvgIpc) is 3.57. The molecule has 3 aliphatic rings. The zero-order valence-electron chi connectivity index (χ0n) is 21.3. The summed E-state index contributed by atoms with van der Waals surface area (Å²) in [6.45, 7) is 7.69. The van der Waals surface area contributed by atoms with Gasteiger partial charge < -0.3 is 15.8 Å². The second kappa shape index (κ2) is 9.17. The maximum Gasteiger partial charge on any atom is 0.232 e. The summed E-state index contributed by atoms with van der Waals surface area (Å²) in [6, 6.07) is 6.41. The number of hydrogen-bond donors (Lipinski definition) is 2. The summed E-state index contributed by atoms with van der Waals surface area (Å²) >= 11 is 12.7. The first-order chi connectivity index (χ1) is 17.3. The summed E-state index contributed by atoms with van der Waals surface area (Å²) in [5.74, 6) is 0.0817. The van der Waals surface area contributed by atoms with Crippen molar-refractivity contribution in [2.75, 3.05) is 0 Å². The Hall–Kier alpha value is -2.84. The van der Waals surface area contributed by atoms with Crippen LogP contribution < -0.4 is 15.8 Å². The lowest BCUT2D eigenvalue weighted by Crippen LogP contribution is -2.52. The quantitative estimate of drug-likeness (QED) is 0.562. The summed E-state index contributed by atoms with van der Waals surface area (Å²) in [6.07, 6.45) is 4.81. The normalized spacial score (nSPS) is 26.4. The molecule has 3 heterocycles. The van der Waals surface area contributed by atoms with Gasteiger partial charge in [-0.3, -0.25) is 19.5 Å². The number of nitrogens with zero attached hydrogens (tertiary/aromatic N) is 3. The van der Waals surface area contributed by atoms with Crippen molar-refractivity contribution in [3.05, 3.63) is 57.8 Å². The molecule has 37 heavy (non-hydrogen) atoms. The first kappa shape index (κ1) is 25.8. The molecule has 2 amide bonds. The van der Waals surface area contributed by atoms with Crippen LogP contribution in [0.2, 0.25) is 10.0 Å². The zero-order chi connectivity index (χ0) is 26.7. The molecule has 10 heteroatoms. The molecule has 5 rings (SSSR count). The van der Waals surface area contributed by atoms with Gasteiger partial charge in [-0.25, -0.2) is 4.99 Å². The molecule has 2 aliphatic heterocycles. The third-order valence-corrected chi connectivity index (χ3v) is 7.70. The number of hydrogen-bond acceptors (Lipinski definition) is 6. The number of aliphatic imine (C=N–C) groups is 1. The van der Waals surface area contributed by atoms with Crippen molar-refractivity contribution in [1.29, 1.82) is 0 Å². The molecule has 1 fully saturated rings. The Morgan fingerprint density at radius 1 is 1.27 bits per heavy atom. The predicted molar refractivity (Wildman–Crippen MR) is 142 cm³/mol. The smallest absolute Gasteiger partial charge is 0.232 e. The number of carbonyl (C=O) groups is 2. The average molecular weight is 544 g/mol. The minimum absolute atomic E-state index is 0.0936. The number of guanidine groups is 1. The molecule has 1 aliphatic carbocycles. The second-order valence-corrected chi connectivity index (χ2v) is 12.2. The first-order valence-corrected chi connectivity index (χ1v) is 13.2. The maximum atomic E-state index is 13.6. The lowest BCUT2D eigenvalue weighted by molar-refractivity contribution is -0.132. The highest BCUT2D eigenvalue weighted by Crippen LogP contribution is 2.52. The van der Waals surface area contributed by atoms with Crippen LogP contribution in [0.3, 0.4) is 0 Å². The molecular formula is C27H31Cl2N5O3. The summed E-state index contributed by atoms with van der Waals surface area (Å²) in [4.78, 5) is 37.2. The number of ether oxygens (including phenoxy) is 1. The molecule has 0 bridgehead atoms. The van der Waals surface area contributed by atoms with E-state index in [-0.39, 0.29) is 42.1 Å². The van der Waals surface area contributed by atoms with Crippen molar-refractivity contribution in [3.8, 4) is 5.75 Å². The van der Waals surface area contributed by atoms with Gasteiger partial charge in [0.25, 0.3) is 0 Å². The third-order valence-electron chi connectivity index (χ3n) is 7.21. The molecule has 196 valence electrons. The van der Waals surface area contributed by atoms with E-state index < -0.39 is 17.2 Å². The number of amides is 2. The Kier molecular flexibility index (Phi) is 6.39. The molecule has 0 saturated heterocycles. The van der Waals surface area contributed by atoms with E-state index in [2.05, 4.69) is 15.3 Å². The van der Waals surface area contributed by atoms with Gasteiger partial charge in [0.15, 0.2) is 5.96 Å². The van der Waals surface area contributed by atoms with Crippen molar-refractivity contribution in [1.82, 2.24) is 15.2 Å². The lowest BCUT2D eigenvalue weighted by Gasteiger charge is -2.39. The Morgan fingerprint density at radius 2 is 2.03 bits per heavy atom. The van der Waals surface area contributed by atoms with Crippen LogP contribution in [0.5, 0.6) is 5.75 Å². The Bertz CT molecular complexity index is 1280. The molecule has 1 saturated carbocycles. The van der Waals surface area contributed by atoms with Crippen LogP contribution in [-0.4, -0.2) is 38.8 Å². The van der Waals surface area contributed by atoms with Gasteiger partial charge in [0.2, 0.25) is 11.8 Å². The number of fused-ring (bicyclic) bond motifs is 1. The number of halogens is 2. The molecule has 4 atom stereocenters. The minimum Gasteiger partial charge on any atom is -0.486 e. The van der Waals surface area contributed by atoms with Gasteiger partial charge in [-0.05, 0) is 63.8 Å². The second-order valence-electron chi connectivity index (χ2n) is 11.4. The van der Waals surface area contributed by atoms with E-state index in [4.69, 9.17) is 33.7 Å². The van der Waals surface area contributed by atoms with Gasteiger partial charge >= 0.3 is 0 Å². The maximum absolute atomic E-state index is 13.6. The number of carbonyl (C=O) groups excluding carboxylic acids is 2. The first-order valence-electron chi connectivity index (χ1n) is 12.4. The van der Waals surface area contributed by atoms with Gasteiger partial charge in [0.1, 0.15) is 11.4 Å². The van der Waals surface area contributed by atoms with Crippen molar-refractivity contribution in [2.24, 2.45) is 22.6 Å². The largest absolute Gasteiger partial charge is 0.486 e. The Morgan fingerprint density at radius 3 is 2.70 bits per heavy atom. The molecule has 1 aromatic carbocycles. The summed E-state index contributed by atoms with van der Waals surface area (Å²) in [7, 11) is 0. The molecule has 8 nitrogen and oxygen atoms in total. The van der Waals surface area contributed by atoms with Crippen molar-refractivity contribution < 1.29 is 14.3 Å². The summed E-state index contributed by atoms with van der Waals surface area (Å²) < 4.78 is 6.11. The highest BCUT2D eigenvalue weighted by molar-refractivity contribution is 6.35. The molecule has 2 aromatic rings. The number of aromatic nitrogens is 1. The van der Waals surface area contributed by atoms with E-state index in [1.54, 1.807) is 29.4 Å². The van der Waals surface area contributed by atoms with Gasteiger partial charge in [-0.15, -0.1) is 0 Å².